The summed E-state index contributed by atoms with van der Waals surface area (Å²) in [6.07, 6.45) is 1.64. The smallest absolute Gasteiger partial charge is 0.226 e. The minimum atomic E-state index is -0.550. The Morgan fingerprint density at radius 3 is 2.81 bits per heavy atom. The number of halogens is 2. The molecule has 0 bridgehead atoms. The molecular weight excluding hydrogens is 377 g/mol. The number of amides is 2. The van der Waals surface area contributed by atoms with Gasteiger partial charge in [-0.05, 0) is 23.8 Å². The molecule has 2 atom stereocenters. The number of hydrogen-bond acceptors (Lipinski definition) is 5. The van der Waals surface area contributed by atoms with E-state index in [1.165, 1.54) is 6.20 Å². The average Bonchev–Trinajstić information content (AvgIpc) is 2.91. The SMILES string of the molecule is CN1C(=O)CC(C(=O)NCc2nccc(N)n2)C1c1ccc(Cl)c(Cl)c1. The van der Waals surface area contributed by atoms with Gasteiger partial charge in [-0.2, -0.15) is 0 Å². The van der Waals surface area contributed by atoms with Gasteiger partial charge >= 0.3 is 0 Å². The van der Waals surface area contributed by atoms with E-state index in [2.05, 4.69) is 15.3 Å². The summed E-state index contributed by atoms with van der Waals surface area (Å²) in [7, 11) is 1.67. The van der Waals surface area contributed by atoms with Crippen LogP contribution in [0.25, 0.3) is 0 Å². The van der Waals surface area contributed by atoms with Crippen LogP contribution in [0.4, 0.5) is 5.82 Å². The van der Waals surface area contributed by atoms with Gasteiger partial charge in [-0.3, -0.25) is 9.59 Å². The van der Waals surface area contributed by atoms with Crippen molar-refractivity contribution in [3.05, 3.63) is 51.9 Å². The van der Waals surface area contributed by atoms with Gasteiger partial charge in [0.15, 0.2) is 0 Å². The maximum Gasteiger partial charge on any atom is 0.226 e. The molecule has 1 aliphatic rings. The summed E-state index contributed by atoms with van der Waals surface area (Å²) >= 11 is 12.1. The number of benzene rings is 1. The number of nitrogens with zero attached hydrogens (tertiary/aromatic N) is 3. The maximum absolute atomic E-state index is 12.7. The van der Waals surface area contributed by atoms with E-state index in [0.717, 1.165) is 5.56 Å². The molecule has 9 heteroatoms. The molecule has 1 fully saturated rings. The van der Waals surface area contributed by atoms with Crippen LogP contribution in [-0.4, -0.2) is 33.7 Å². The maximum atomic E-state index is 12.7. The second-order valence-corrected chi connectivity index (χ2v) is 6.86. The van der Waals surface area contributed by atoms with Crippen molar-refractivity contribution in [2.75, 3.05) is 12.8 Å². The molecule has 136 valence electrons. The van der Waals surface area contributed by atoms with Crippen LogP contribution in [0.3, 0.4) is 0 Å². The van der Waals surface area contributed by atoms with Crippen molar-refractivity contribution in [2.45, 2.75) is 19.0 Å². The van der Waals surface area contributed by atoms with Crippen LogP contribution in [0.2, 0.25) is 10.0 Å². The third kappa shape index (κ3) is 3.73. The summed E-state index contributed by atoms with van der Waals surface area (Å²) < 4.78 is 0. The van der Waals surface area contributed by atoms with Crippen LogP contribution in [0, 0.1) is 5.92 Å². The predicted octanol–water partition coefficient (Wildman–Crippen LogP) is 2.20. The second-order valence-electron chi connectivity index (χ2n) is 6.05. The molecule has 2 aromatic rings. The number of hydrogen-bond donors (Lipinski definition) is 2. The molecule has 26 heavy (non-hydrogen) atoms. The molecule has 1 aliphatic heterocycles. The quantitative estimate of drug-likeness (QED) is 0.828. The number of rotatable bonds is 4. The molecule has 7 nitrogen and oxygen atoms in total. The van der Waals surface area contributed by atoms with Crippen LogP contribution < -0.4 is 11.1 Å². The minimum absolute atomic E-state index is 0.110. The largest absolute Gasteiger partial charge is 0.384 e. The predicted molar refractivity (Wildman–Crippen MR) is 98.4 cm³/mol. The lowest BCUT2D eigenvalue weighted by Gasteiger charge is -2.25. The first-order valence-corrected chi connectivity index (χ1v) is 8.68. The third-order valence-electron chi connectivity index (χ3n) is 4.36. The molecule has 1 aromatic carbocycles. The summed E-state index contributed by atoms with van der Waals surface area (Å²) in [5, 5.41) is 3.58. The van der Waals surface area contributed by atoms with E-state index in [1.54, 1.807) is 36.2 Å². The summed E-state index contributed by atoms with van der Waals surface area (Å²) in [6, 6.07) is 6.26. The molecule has 3 N–H and O–H groups in total. The van der Waals surface area contributed by atoms with Crippen molar-refractivity contribution < 1.29 is 9.59 Å². The zero-order valence-corrected chi connectivity index (χ0v) is 15.5. The topological polar surface area (TPSA) is 101 Å². The first kappa shape index (κ1) is 18.4. The Hall–Kier alpha value is -2.38. The number of nitrogen functional groups attached to an aromatic ring is 1. The summed E-state index contributed by atoms with van der Waals surface area (Å²) in [6.45, 7) is 0.131. The van der Waals surface area contributed by atoms with E-state index >= 15 is 0 Å². The number of aromatic nitrogens is 2. The molecular formula is C17H17Cl2N5O2. The number of nitrogens with one attached hydrogen (secondary N) is 1. The van der Waals surface area contributed by atoms with Crippen LogP contribution in [-0.2, 0) is 16.1 Å². The molecule has 0 aliphatic carbocycles. The number of carbonyl (C=O) groups excluding carboxylic acids is 2. The zero-order valence-electron chi connectivity index (χ0n) is 13.9. The highest BCUT2D eigenvalue weighted by Crippen LogP contribution is 2.39. The highest BCUT2D eigenvalue weighted by Gasteiger charge is 2.42. The molecule has 0 radical (unpaired) electrons. The second kappa shape index (κ2) is 7.47. The van der Waals surface area contributed by atoms with E-state index in [0.29, 0.717) is 21.7 Å². The van der Waals surface area contributed by atoms with Gasteiger partial charge in [0.25, 0.3) is 0 Å². The van der Waals surface area contributed by atoms with Crippen molar-refractivity contribution >= 4 is 40.8 Å². The summed E-state index contributed by atoms with van der Waals surface area (Å²) in [4.78, 5) is 34.5. The van der Waals surface area contributed by atoms with E-state index in [-0.39, 0.29) is 24.8 Å². The average molecular weight is 394 g/mol. The van der Waals surface area contributed by atoms with Crippen LogP contribution >= 0.6 is 23.2 Å². The van der Waals surface area contributed by atoms with Crippen molar-refractivity contribution in [2.24, 2.45) is 5.92 Å². The minimum Gasteiger partial charge on any atom is -0.384 e. The molecule has 2 unspecified atom stereocenters. The van der Waals surface area contributed by atoms with Gasteiger partial charge in [-0.25, -0.2) is 9.97 Å². The fourth-order valence-corrected chi connectivity index (χ4v) is 3.36. The van der Waals surface area contributed by atoms with Gasteiger partial charge in [0.05, 0.1) is 28.5 Å². The lowest BCUT2D eigenvalue weighted by molar-refractivity contribution is -0.128. The number of carbonyl (C=O) groups is 2. The first-order chi connectivity index (χ1) is 12.4. The van der Waals surface area contributed by atoms with E-state index in [9.17, 15) is 9.59 Å². The molecule has 1 saturated heterocycles. The molecule has 2 heterocycles. The third-order valence-corrected chi connectivity index (χ3v) is 5.10. The fraction of sp³-hybridized carbons (Fsp3) is 0.294. The van der Waals surface area contributed by atoms with Gasteiger partial charge < -0.3 is 16.0 Å². The Morgan fingerprint density at radius 2 is 2.12 bits per heavy atom. The molecule has 2 amide bonds. The lowest BCUT2D eigenvalue weighted by atomic mass is 9.93. The van der Waals surface area contributed by atoms with Crippen molar-refractivity contribution in [3.8, 4) is 0 Å². The zero-order chi connectivity index (χ0) is 18.8. The van der Waals surface area contributed by atoms with Gasteiger partial charge in [0.1, 0.15) is 11.6 Å². The van der Waals surface area contributed by atoms with Crippen molar-refractivity contribution in [3.63, 3.8) is 0 Å². The van der Waals surface area contributed by atoms with Crippen molar-refractivity contribution in [1.82, 2.24) is 20.2 Å². The first-order valence-electron chi connectivity index (χ1n) is 7.92. The molecule has 0 spiro atoms. The standard InChI is InChI=1S/C17H17Cl2N5O2/c1-24-15(25)7-10(16(24)9-2-3-11(18)12(19)6-9)17(26)22-8-14-21-5-4-13(20)23-14/h2-6,10,16H,7-8H2,1H3,(H,22,26)(H2,20,21,23). The van der Waals surface area contributed by atoms with E-state index in [1.807, 2.05) is 0 Å². The van der Waals surface area contributed by atoms with Crippen LogP contribution in [0.5, 0.6) is 0 Å². The van der Waals surface area contributed by atoms with Gasteiger partial charge in [-0.15, -0.1) is 0 Å². The van der Waals surface area contributed by atoms with E-state index < -0.39 is 12.0 Å². The Bertz CT molecular complexity index is 861. The normalized spacial score (nSPS) is 19.7. The number of nitrogens with two attached hydrogens (primary N) is 1. The Labute approximate surface area is 160 Å². The van der Waals surface area contributed by atoms with Gasteiger partial charge in [0.2, 0.25) is 11.8 Å². The Balaban J connectivity index is 1.78. The summed E-state index contributed by atoms with van der Waals surface area (Å²) in [5.74, 6) is -0.187. The van der Waals surface area contributed by atoms with E-state index in [4.69, 9.17) is 28.9 Å². The lowest BCUT2D eigenvalue weighted by Crippen LogP contribution is -2.34. The number of anilines is 1. The molecule has 0 saturated carbocycles. The number of likely N-dealkylation sites (tertiary alicyclic amines) is 1. The monoisotopic (exact) mass is 393 g/mol. The van der Waals surface area contributed by atoms with Gasteiger partial charge in [0, 0.05) is 19.7 Å². The fourth-order valence-electron chi connectivity index (χ4n) is 3.05. The summed E-state index contributed by atoms with van der Waals surface area (Å²) in [5.41, 5.74) is 6.37. The van der Waals surface area contributed by atoms with Crippen LogP contribution in [0.15, 0.2) is 30.5 Å². The van der Waals surface area contributed by atoms with Crippen LogP contribution in [0.1, 0.15) is 23.9 Å². The molecule has 1 aromatic heterocycles. The van der Waals surface area contributed by atoms with Gasteiger partial charge in [-0.1, -0.05) is 29.3 Å². The Morgan fingerprint density at radius 1 is 1.35 bits per heavy atom. The Kier molecular flexibility index (Phi) is 5.29. The highest BCUT2D eigenvalue weighted by atomic mass is 35.5. The van der Waals surface area contributed by atoms with Crippen molar-refractivity contribution in [1.29, 1.82) is 0 Å². The highest BCUT2D eigenvalue weighted by molar-refractivity contribution is 6.42. The molecule has 3 rings (SSSR count).